The number of benzene rings is 1. The van der Waals surface area contributed by atoms with Gasteiger partial charge in [0, 0.05) is 37.0 Å². The molecule has 0 radical (unpaired) electrons. The van der Waals surface area contributed by atoms with E-state index in [0.717, 1.165) is 16.8 Å². The van der Waals surface area contributed by atoms with Gasteiger partial charge in [-0.1, -0.05) is 12.1 Å². The van der Waals surface area contributed by atoms with E-state index in [1.54, 1.807) is 23.0 Å². The highest BCUT2D eigenvalue weighted by Crippen LogP contribution is 2.07. The predicted molar refractivity (Wildman–Crippen MR) is 73.4 cm³/mol. The quantitative estimate of drug-likeness (QED) is 0.863. The summed E-state index contributed by atoms with van der Waals surface area (Å²) in [4.78, 5) is 12.0. The van der Waals surface area contributed by atoms with Gasteiger partial charge in [-0.15, -0.1) is 0 Å². The van der Waals surface area contributed by atoms with Crippen molar-refractivity contribution >= 4 is 5.91 Å². The molecule has 0 bridgehead atoms. The number of nitrogens with two attached hydrogens (primary N) is 1. The normalized spacial score (nSPS) is 10.5. The van der Waals surface area contributed by atoms with Crippen LogP contribution < -0.4 is 11.1 Å². The number of hydrogen-bond donors (Lipinski definition) is 2. The molecule has 0 saturated carbocycles. The van der Waals surface area contributed by atoms with Crippen molar-refractivity contribution in [1.29, 1.82) is 0 Å². The van der Waals surface area contributed by atoms with E-state index in [-0.39, 0.29) is 5.91 Å². The SMILES string of the molecule is Cc1c(CNC(=O)c2ccc(CN)cc2)cnn1C. The standard InChI is InChI=1S/C14H18N4O/c1-10-13(9-17-18(10)2)8-16-14(19)12-5-3-11(7-15)4-6-12/h3-6,9H,7-8,15H2,1-2H3,(H,16,19). The van der Waals surface area contributed by atoms with Gasteiger partial charge in [-0.3, -0.25) is 9.48 Å². The minimum Gasteiger partial charge on any atom is -0.348 e. The minimum atomic E-state index is -0.0909. The zero-order valence-corrected chi connectivity index (χ0v) is 11.2. The van der Waals surface area contributed by atoms with Crippen molar-refractivity contribution in [3.05, 3.63) is 52.8 Å². The van der Waals surface area contributed by atoms with Crippen LogP contribution in [-0.2, 0) is 20.1 Å². The molecule has 1 heterocycles. The molecular weight excluding hydrogens is 240 g/mol. The average molecular weight is 258 g/mol. The van der Waals surface area contributed by atoms with E-state index < -0.39 is 0 Å². The summed E-state index contributed by atoms with van der Waals surface area (Å²) in [5.74, 6) is -0.0909. The molecular formula is C14H18N4O. The molecule has 2 rings (SSSR count). The molecule has 0 aliphatic carbocycles. The van der Waals surface area contributed by atoms with E-state index in [4.69, 9.17) is 5.73 Å². The summed E-state index contributed by atoms with van der Waals surface area (Å²) < 4.78 is 1.79. The molecule has 0 fully saturated rings. The first-order valence-electron chi connectivity index (χ1n) is 6.16. The fourth-order valence-corrected chi connectivity index (χ4v) is 1.79. The third-order valence-electron chi connectivity index (χ3n) is 3.23. The van der Waals surface area contributed by atoms with Crippen molar-refractivity contribution in [1.82, 2.24) is 15.1 Å². The Hall–Kier alpha value is -2.14. The highest BCUT2D eigenvalue weighted by molar-refractivity contribution is 5.94. The number of hydrogen-bond acceptors (Lipinski definition) is 3. The van der Waals surface area contributed by atoms with Gasteiger partial charge in [0.25, 0.3) is 5.91 Å². The number of carbonyl (C=O) groups excluding carboxylic acids is 1. The van der Waals surface area contributed by atoms with Crippen molar-refractivity contribution in [2.45, 2.75) is 20.0 Å². The maximum atomic E-state index is 12.0. The monoisotopic (exact) mass is 258 g/mol. The van der Waals surface area contributed by atoms with Gasteiger partial charge in [0.15, 0.2) is 0 Å². The van der Waals surface area contributed by atoms with Gasteiger partial charge >= 0.3 is 0 Å². The maximum absolute atomic E-state index is 12.0. The predicted octanol–water partition coefficient (Wildman–Crippen LogP) is 1.12. The van der Waals surface area contributed by atoms with Crippen LogP contribution in [0.2, 0.25) is 0 Å². The molecule has 0 aliphatic heterocycles. The van der Waals surface area contributed by atoms with E-state index in [0.29, 0.717) is 18.7 Å². The number of nitrogens with zero attached hydrogens (tertiary/aromatic N) is 2. The Morgan fingerprint density at radius 3 is 2.58 bits per heavy atom. The molecule has 5 heteroatoms. The van der Waals surface area contributed by atoms with Gasteiger partial charge in [-0.05, 0) is 24.6 Å². The topological polar surface area (TPSA) is 72.9 Å². The van der Waals surface area contributed by atoms with Crippen molar-refractivity contribution in [2.75, 3.05) is 0 Å². The minimum absolute atomic E-state index is 0.0909. The smallest absolute Gasteiger partial charge is 0.251 e. The van der Waals surface area contributed by atoms with Gasteiger partial charge in [-0.2, -0.15) is 5.10 Å². The summed E-state index contributed by atoms with van der Waals surface area (Å²) in [5, 5.41) is 7.02. The van der Waals surface area contributed by atoms with Crippen LogP contribution in [0.4, 0.5) is 0 Å². The van der Waals surface area contributed by atoms with E-state index in [1.165, 1.54) is 0 Å². The van der Waals surface area contributed by atoms with Crippen LogP contribution in [0, 0.1) is 6.92 Å². The van der Waals surface area contributed by atoms with Crippen molar-refractivity contribution in [3.63, 3.8) is 0 Å². The fraction of sp³-hybridized carbons (Fsp3) is 0.286. The van der Waals surface area contributed by atoms with Gasteiger partial charge in [0.05, 0.1) is 6.20 Å². The molecule has 2 aromatic rings. The second kappa shape index (κ2) is 5.67. The van der Waals surface area contributed by atoms with E-state index in [2.05, 4.69) is 10.4 Å². The fourth-order valence-electron chi connectivity index (χ4n) is 1.79. The lowest BCUT2D eigenvalue weighted by Gasteiger charge is -2.05. The average Bonchev–Trinajstić information content (AvgIpc) is 2.76. The number of nitrogens with one attached hydrogen (secondary N) is 1. The number of amides is 1. The zero-order chi connectivity index (χ0) is 13.8. The van der Waals surface area contributed by atoms with Crippen molar-refractivity contribution in [2.24, 2.45) is 12.8 Å². The van der Waals surface area contributed by atoms with Crippen LogP contribution in [0.5, 0.6) is 0 Å². The van der Waals surface area contributed by atoms with Gasteiger partial charge in [0.2, 0.25) is 0 Å². The Balaban J connectivity index is 1.99. The summed E-state index contributed by atoms with van der Waals surface area (Å²) in [6.07, 6.45) is 1.77. The lowest BCUT2D eigenvalue weighted by molar-refractivity contribution is 0.0951. The van der Waals surface area contributed by atoms with Crippen LogP contribution in [0.25, 0.3) is 0 Å². The molecule has 0 spiro atoms. The Kier molecular flexibility index (Phi) is 3.97. The molecule has 19 heavy (non-hydrogen) atoms. The summed E-state index contributed by atoms with van der Waals surface area (Å²) in [6, 6.07) is 7.30. The second-order valence-corrected chi connectivity index (χ2v) is 4.46. The Labute approximate surface area is 112 Å². The van der Waals surface area contributed by atoms with Crippen LogP contribution >= 0.6 is 0 Å². The molecule has 1 aromatic carbocycles. The molecule has 0 unspecified atom stereocenters. The number of aryl methyl sites for hydroxylation is 1. The van der Waals surface area contributed by atoms with Crippen LogP contribution in [0.1, 0.15) is 27.2 Å². The van der Waals surface area contributed by atoms with Crippen LogP contribution in [0.15, 0.2) is 30.5 Å². The third-order valence-corrected chi connectivity index (χ3v) is 3.23. The molecule has 0 saturated heterocycles. The van der Waals surface area contributed by atoms with E-state index >= 15 is 0 Å². The van der Waals surface area contributed by atoms with Crippen molar-refractivity contribution < 1.29 is 4.79 Å². The summed E-state index contributed by atoms with van der Waals surface area (Å²) in [7, 11) is 1.88. The Morgan fingerprint density at radius 2 is 2.05 bits per heavy atom. The molecule has 100 valence electrons. The summed E-state index contributed by atoms with van der Waals surface area (Å²) in [5.41, 5.74) is 9.25. The van der Waals surface area contributed by atoms with Gasteiger partial charge < -0.3 is 11.1 Å². The highest BCUT2D eigenvalue weighted by Gasteiger charge is 2.08. The Morgan fingerprint density at radius 1 is 1.37 bits per heavy atom. The first-order valence-corrected chi connectivity index (χ1v) is 6.16. The maximum Gasteiger partial charge on any atom is 0.251 e. The molecule has 0 aliphatic rings. The molecule has 5 nitrogen and oxygen atoms in total. The van der Waals surface area contributed by atoms with Crippen molar-refractivity contribution in [3.8, 4) is 0 Å². The zero-order valence-electron chi connectivity index (χ0n) is 11.2. The third kappa shape index (κ3) is 3.00. The molecule has 1 aromatic heterocycles. The van der Waals surface area contributed by atoms with Crippen LogP contribution in [0.3, 0.4) is 0 Å². The highest BCUT2D eigenvalue weighted by atomic mass is 16.1. The summed E-state index contributed by atoms with van der Waals surface area (Å²) >= 11 is 0. The number of rotatable bonds is 4. The van der Waals surface area contributed by atoms with E-state index in [1.807, 2.05) is 26.1 Å². The number of carbonyl (C=O) groups is 1. The van der Waals surface area contributed by atoms with Gasteiger partial charge in [-0.25, -0.2) is 0 Å². The summed E-state index contributed by atoms with van der Waals surface area (Å²) in [6.45, 7) is 2.94. The first-order chi connectivity index (χ1) is 9.11. The second-order valence-electron chi connectivity index (χ2n) is 4.46. The number of aromatic nitrogens is 2. The van der Waals surface area contributed by atoms with Crippen LogP contribution in [-0.4, -0.2) is 15.7 Å². The first kappa shape index (κ1) is 13.3. The Bertz CT molecular complexity index is 572. The molecule has 0 atom stereocenters. The van der Waals surface area contributed by atoms with Gasteiger partial charge in [0.1, 0.15) is 0 Å². The lowest BCUT2D eigenvalue weighted by Crippen LogP contribution is -2.23. The largest absolute Gasteiger partial charge is 0.348 e. The van der Waals surface area contributed by atoms with E-state index in [9.17, 15) is 4.79 Å². The molecule has 3 N–H and O–H groups in total. The molecule has 1 amide bonds. The lowest BCUT2D eigenvalue weighted by atomic mass is 10.1.